The monoisotopic (exact) mass is 501 g/mol. The van der Waals surface area contributed by atoms with Crippen molar-refractivity contribution in [3.05, 3.63) is 96.3 Å². The van der Waals surface area contributed by atoms with Crippen LogP contribution < -0.4 is 4.35 Å². The van der Waals surface area contributed by atoms with Crippen molar-refractivity contribution in [1.82, 2.24) is 4.40 Å². The van der Waals surface area contributed by atoms with Crippen LogP contribution in [-0.4, -0.2) is 43.1 Å². The van der Waals surface area contributed by atoms with Crippen molar-refractivity contribution < 1.29 is 19.1 Å². The number of Topliss-reactive ketones (excluding diaryl/α,β-unsaturated/α-hetero) is 1. The molecule has 0 aliphatic heterocycles. The van der Waals surface area contributed by atoms with Crippen LogP contribution in [0.2, 0.25) is 0 Å². The van der Waals surface area contributed by atoms with Crippen molar-refractivity contribution in [3.63, 3.8) is 0 Å². The van der Waals surface area contributed by atoms with E-state index in [-0.39, 0.29) is 10.5 Å². The molecule has 6 heteroatoms. The number of carbonyl (C=O) groups is 3. The van der Waals surface area contributed by atoms with E-state index in [0.29, 0.717) is 17.9 Å². The van der Waals surface area contributed by atoms with Gasteiger partial charge in [0.05, 0.1) is 0 Å². The van der Waals surface area contributed by atoms with Crippen molar-refractivity contribution in [2.75, 3.05) is 6.61 Å². The average molecular weight is 501 g/mol. The van der Waals surface area contributed by atoms with Gasteiger partial charge in [0, 0.05) is 0 Å². The van der Waals surface area contributed by atoms with Crippen molar-refractivity contribution in [2.24, 2.45) is 0 Å². The fourth-order valence-electron chi connectivity index (χ4n) is 3.57. The molecule has 5 nitrogen and oxygen atoms in total. The molecule has 0 aliphatic rings. The first kappa shape index (κ1) is 22.8. The second-order valence-electron chi connectivity index (χ2n) is 7.62. The molecule has 166 valence electrons. The number of ketones is 1. The summed E-state index contributed by atoms with van der Waals surface area (Å²) in [4.78, 5) is 38.4. The van der Waals surface area contributed by atoms with Gasteiger partial charge in [-0.2, -0.15) is 0 Å². The van der Waals surface area contributed by atoms with Crippen molar-refractivity contribution >= 4 is 41.9 Å². The molecule has 4 rings (SSSR count). The van der Waals surface area contributed by atoms with Gasteiger partial charge < -0.3 is 0 Å². The Bertz CT molecular complexity index is 1290. The predicted octanol–water partition coefficient (Wildman–Crippen LogP) is 4.03. The van der Waals surface area contributed by atoms with Crippen molar-refractivity contribution in [2.45, 2.75) is 19.8 Å². The van der Waals surface area contributed by atoms with Crippen LogP contribution in [0.4, 0.5) is 0 Å². The van der Waals surface area contributed by atoms with Crippen LogP contribution in [0.3, 0.4) is 0 Å². The molecule has 0 N–H and O–H groups in total. The van der Waals surface area contributed by atoms with Crippen LogP contribution in [-0.2, 0) is 9.53 Å². The molecule has 4 aromatic rings. The second-order valence-corrected chi connectivity index (χ2v) is 10.3. The number of nitrogens with zero attached hydrogens (tertiary/aromatic N) is 1. The molecule has 1 unspecified atom stereocenters. The van der Waals surface area contributed by atoms with Gasteiger partial charge in [-0.1, -0.05) is 0 Å². The fourth-order valence-corrected chi connectivity index (χ4v) is 5.31. The molecule has 2 heterocycles. The summed E-state index contributed by atoms with van der Waals surface area (Å²) in [7, 11) is 0. The molecule has 0 saturated heterocycles. The third-order valence-corrected chi connectivity index (χ3v) is 7.55. The zero-order valence-corrected chi connectivity index (χ0v) is 20.4. The fraction of sp³-hybridized carbons (Fsp3) is 0.148. The van der Waals surface area contributed by atoms with E-state index < -0.39 is 21.5 Å². The third kappa shape index (κ3) is 5.15. The van der Waals surface area contributed by atoms with Crippen molar-refractivity contribution in [1.29, 1.82) is 0 Å². The number of aromatic nitrogens is 1. The van der Waals surface area contributed by atoms with E-state index in [1.54, 1.807) is 34.9 Å². The quantitative estimate of drug-likeness (QED) is 0.114. The third-order valence-electron chi connectivity index (χ3n) is 5.30. The van der Waals surface area contributed by atoms with Gasteiger partial charge in [0.25, 0.3) is 0 Å². The standard InChI is InChI=1S/C27H24AsNO4/c1-2-3-17-33-27(32)20-12-14-21(15-13-20)28-26(31)25(30)24-23(19-9-5-4-6-10-19)18-22-11-7-8-16-29(22)24/h4-16,18,28H,2-3,17H2,1H3. The number of benzene rings is 2. The summed E-state index contributed by atoms with van der Waals surface area (Å²) < 4.78 is 7.41. The Labute approximate surface area is 199 Å². The molecule has 0 bridgehead atoms. The molecule has 2 aromatic carbocycles. The molecule has 0 amide bonds. The summed E-state index contributed by atoms with van der Waals surface area (Å²) >= 11 is -1.38. The van der Waals surface area contributed by atoms with Gasteiger partial charge in [0.15, 0.2) is 0 Å². The van der Waals surface area contributed by atoms with Crippen LogP contribution in [0.5, 0.6) is 0 Å². The summed E-state index contributed by atoms with van der Waals surface area (Å²) in [6.45, 7) is 2.43. The van der Waals surface area contributed by atoms with Crippen LogP contribution in [0, 0.1) is 0 Å². The first-order valence-electron chi connectivity index (χ1n) is 10.9. The van der Waals surface area contributed by atoms with E-state index in [1.165, 1.54) is 0 Å². The summed E-state index contributed by atoms with van der Waals surface area (Å²) in [5.41, 5.74) is 3.34. The van der Waals surface area contributed by atoms with Gasteiger partial charge in [0.1, 0.15) is 0 Å². The molecule has 0 saturated carbocycles. The van der Waals surface area contributed by atoms with E-state index in [0.717, 1.165) is 33.8 Å². The predicted molar refractivity (Wildman–Crippen MR) is 131 cm³/mol. The molecule has 0 aliphatic carbocycles. The number of pyridine rings is 1. The Morgan fingerprint density at radius 1 is 0.909 bits per heavy atom. The second kappa shape index (κ2) is 10.5. The van der Waals surface area contributed by atoms with Crippen LogP contribution >= 0.6 is 0 Å². The molecular weight excluding hydrogens is 477 g/mol. The molecule has 0 spiro atoms. The first-order chi connectivity index (χ1) is 16.1. The Hall–Kier alpha value is -3.43. The van der Waals surface area contributed by atoms with Crippen LogP contribution in [0.1, 0.15) is 40.6 Å². The number of ether oxygens (including phenoxy) is 1. The average Bonchev–Trinajstić information content (AvgIpc) is 3.24. The molecule has 0 fully saturated rings. The summed E-state index contributed by atoms with van der Waals surface area (Å²) in [6.07, 6.45) is 3.59. The zero-order chi connectivity index (χ0) is 23.2. The van der Waals surface area contributed by atoms with Crippen LogP contribution in [0.25, 0.3) is 16.6 Å². The number of hydrogen-bond donors (Lipinski definition) is 0. The van der Waals surface area contributed by atoms with Crippen LogP contribution in [0.15, 0.2) is 85.1 Å². The molecule has 1 atom stereocenters. The number of hydrogen-bond acceptors (Lipinski definition) is 4. The topological polar surface area (TPSA) is 64.9 Å². The SMILES string of the molecule is CCCCOC(=O)c1ccc([AsH]C(=O)C(=O)c2c(-c3ccccc3)cc3ccccn23)cc1. The van der Waals surface area contributed by atoms with E-state index in [2.05, 4.69) is 0 Å². The number of esters is 1. The molecular formula is C27H24AsNO4. The summed E-state index contributed by atoms with van der Waals surface area (Å²) in [6, 6.07) is 24.0. The summed E-state index contributed by atoms with van der Waals surface area (Å²) in [5.74, 6) is -0.854. The van der Waals surface area contributed by atoms with E-state index in [9.17, 15) is 14.4 Å². The Balaban J connectivity index is 1.56. The van der Waals surface area contributed by atoms with E-state index >= 15 is 0 Å². The number of fused-ring (bicyclic) bond motifs is 1. The minimum atomic E-state index is -1.38. The molecule has 2 aromatic heterocycles. The van der Waals surface area contributed by atoms with Gasteiger partial charge >= 0.3 is 199 Å². The number of rotatable bonds is 9. The minimum absolute atomic E-state index is 0.371. The van der Waals surface area contributed by atoms with Gasteiger partial charge in [0.2, 0.25) is 0 Å². The maximum atomic E-state index is 13.3. The summed E-state index contributed by atoms with van der Waals surface area (Å²) in [5, 5.41) is 0. The van der Waals surface area contributed by atoms with E-state index in [4.69, 9.17) is 4.74 Å². The molecule has 33 heavy (non-hydrogen) atoms. The van der Waals surface area contributed by atoms with Gasteiger partial charge in [-0.15, -0.1) is 0 Å². The van der Waals surface area contributed by atoms with Gasteiger partial charge in [-0.25, -0.2) is 0 Å². The Morgan fingerprint density at radius 3 is 2.36 bits per heavy atom. The normalized spacial score (nSPS) is 11.2. The van der Waals surface area contributed by atoms with E-state index in [1.807, 2.05) is 61.5 Å². The number of carbonyl (C=O) groups excluding carboxylic acids is 3. The molecule has 0 radical (unpaired) electrons. The Morgan fingerprint density at radius 2 is 1.64 bits per heavy atom. The van der Waals surface area contributed by atoms with Gasteiger partial charge in [-0.05, 0) is 0 Å². The Kier molecular flexibility index (Phi) is 7.21. The maximum absolute atomic E-state index is 13.3. The first-order valence-corrected chi connectivity index (χ1v) is 13.0. The van der Waals surface area contributed by atoms with Gasteiger partial charge in [-0.3, -0.25) is 0 Å². The number of unbranched alkanes of at least 4 members (excludes halogenated alkanes) is 1. The van der Waals surface area contributed by atoms with Crippen molar-refractivity contribution in [3.8, 4) is 11.1 Å². The zero-order valence-electron chi connectivity index (χ0n) is 18.3.